The van der Waals surface area contributed by atoms with Crippen LogP contribution < -0.4 is 4.72 Å². The summed E-state index contributed by atoms with van der Waals surface area (Å²) in [5.74, 6) is -4.36. The number of esters is 1. The first-order valence-electron chi connectivity index (χ1n) is 7.61. The van der Waals surface area contributed by atoms with Crippen molar-refractivity contribution in [2.45, 2.75) is 6.92 Å². The van der Waals surface area contributed by atoms with E-state index in [0.717, 1.165) is 8.61 Å². The Balaban J connectivity index is 2.74. The number of benzene rings is 1. The van der Waals surface area contributed by atoms with Crippen LogP contribution in [0.25, 0.3) is 0 Å². The number of nitrogens with one attached hydrogen (secondary N) is 1. The molecule has 3 amide bonds. The van der Waals surface area contributed by atoms with Crippen molar-refractivity contribution >= 4 is 54.2 Å². The van der Waals surface area contributed by atoms with Crippen LogP contribution in [0.1, 0.15) is 17.3 Å². The van der Waals surface area contributed by atoms with Crippen LogP contribution in [0.15, 0.2) is 30.3 Å². The van der Waals surface area contributed by atoms with Crippen LogP contribution in [-0.4, -0.2) is 63.8 Å². The first kappa shape index (κ1) is 23.1. The quantitative estimate of drug-likeness (QED) is 0.266. The summed E-state index contributed by atoms with van der Waals surface area (Å²) in [5.41, 5.74) is 0.282. The van der Waals surface area contributed by atoms with Gasteiger partial charge in [0.15, 0.2) is 12.2 Å². The van der Waals surface area contributed by atoms with E-state index in [1.807, 2.05) is 0 Å². The number of amides is 3. The smallest absolute Gasteiger partial charge is 0.434 e. The SMILES string of the molecule is CCOC(=O)CN(SN(C)C(=O)OSNC(=O)C(=O)O)C(=O)c1ccccc1. The zero-order valence-corrected chi connectivity index (χ0v) is 16.4. The maximum Gasteiger partial charge on any atom is 0.434 e. The molecule has 0 aliphatic rings. The van der Waals surface area contributed by atoms with Gasteiger partial charge in [0, 0.05) is 12.6 Å². The van der Waals surface area contributed by atoms with Gasteiger partial charge in [0.25, 0.3) is 5.91 Å². The highest BCUT2D eigenvalue weighted by molar-refractivity contribution is 7.96. The molecule has 1 rings (SSSR count). The van der Waals surface area contributed by atoms with E-state index in [0.29, 0.717) is 12.1 Å². The van der Waals surface area contributed by atoms with Crippen molar-refractivity contribution in [3.8, 4) is 0 Å². The number of aliphatic carboxylic acids is 1. The number of hydrogen-bond acceptors (Lipinski definition) is 9. The predicted molar refractivity (Wildman–Crippen MR) is 99.3 cm³/mol. The van der Waals surface area contributed by atoms with Gasteiger partial charge in [0.05, 0.1) is 18.7 Å². The lowest BCUT2D eigenvalue weighted by molar-refractivity contribution is -0.149. The van der Waals surface area contributed by atoms with Crippen LogP contribution >= 0.6 is 24.4 Å². The van der Waals surface area contributed by atoms with Gasteiger partial charge < -0.3 is 14.0 Å². The topological polar surface area (TPSA) is 143 Å². The van der Waals surface area contributed by atoms with Crippen LogP contribution in [0, 0.1) is 0 Å². The Morgan fingerprint density at radius 2 is 1.79 bits per heavy atom. The Hall–Kier alpha value is -2.93. The number of hydrogen-bond donors (Lipinski definition) is 2. The van der Waals surface area contributed by atoms with Gasteiger partial charge in [-0.1, -0.05) is 18.2 Å². The molecule has 0 bridgehead atoms. The summed E-state index contributed by atoms with van der Waals surface area (Å²) in [6.45, 7) is 1.29. The Morgan fingerprint density at radius 1 is 1.14 bits per heavy atom. The molecule has 0 saturated carbocycles. The zero-order chi connectivity index (χ0) is 21.1. The van der Waals surface area contributed by atoms with Crippen molar-refractivity contribution in [3.05, 3.63) is 35.9 Å². The van der Waals surface area contributed by atoms with Crippen LogP contribution in [0.4, 0.5) is 4.79 Å². The number of ether oxygens (including phenoxy) is 1. The van der Waals surface area contributed by atoms with Crippen LogP contribution in [0.3, 0.4) is 0 Å². The van der Waals surface area contributed by atoms with Crippen molar-refractivity contribution in [2.24, 2.45) is 0 Å². The minimum absolute atomic E-state index is 0.100. The molecule has 13 heteroatoms. The van der Waals surface area contributed by atoms with E-state index in [1.165, 1.54) is 19.2 Å². The Bertz CT molecular complexity index is 731. The van der Waals surface area contributed by atoms with E-state index in [9.17, 15) is 24.0 Å². The van der Waals surface area contributed by atoms with E-state index in [4.69, 9.17) is 9.84 Å². The summed E-state index contributed by atoms with van der Waals surface area (Å²) in [6.07, 6.45) is -1.02. The van der Waals surface area contributed by atoms with Crippen molar-refractivity contribution < 1.29 is 38.0 Å². The van der Waals surface area contributed by atoms with E-state index < -0.39 is 36.4 Å². The number of rotatable bonds is 8. The second-order valence-corrected chi connectivity index (χ2v) is 6.45. The standard InChI is InChI=1S/C15H17N3O8S2/c1-3-25-11(19)9-18(13(21)10-7-5-4-6-8-10)28-17(2)15(24)26-27-16-12(20)14(22)23/h4-8H,3,9H2,1-2H3,(H,16,20)(H,22,23). The number of carboxylic acids is 1. The van der Waals surface area contributed by atoms with Crippen LogP contribution in [0.5, 0.6) is 0 Å². The fourth-order valence-corrected chi connectivity index (χ4v) is 2.74. The molecule has 0 spiro atoms. The number of carboxylic acid groups (broad SMARTS) is 1. The molecule has 0 radical (unpaired) electrons. The van der Waals surface area contributed by atoms with Gasteiger partial charge in [-0.15, -0.1) is 0 Å². The highest BCUT2D eigenvalue weighted by Crippen LogP contribution is 2.20. The van der Waals surface area contributed by atoms with Gasteiger partial charge >= 0.3 is 23.9 Å². The molecule has 1 aromatic rings. The molecule has 0 heterocycles. The highest BCUT2D eigenvalue weighted by Gasteiger charge is 2.25. The third-order valence-corrected chi connectivity index (χ3v) is 4.13. The Kier molecular flexibility index (Phi) is 9.67. The lowest BCUT2D eigenvalue weighted by Crippen LogP contribution is -2.36. The van der Waals surface area contributed by atoms with Gasteiger partial charge in [-0.25, -0.2) is 13.9 Å². The fraction of sp³-hybridized carbons (Fsp3) is 0.267. The van der Waals surface area contributed by atoms with Crippen molar-refractivity contribution in [3.63, 3.8) is 0 Å². The van der Waals surface area contributed by atoms with Crippen LogP contribution in [-0.2, 0) is 23.3 Å². The third-order valence-electron chi connectivity index (χ3n) is 2.74. The maximum absolute atomic E-state index is 12.6. The molecule has 0 aromatic heterocycles. The molecule has 152 valence electrons. The van der Waals surface area contributed by atoms with E-state index in [2.05, 4.69) is 4.18 Å². The molecule has 11 nitrogen and oxygen atoms in total. The van der Waals surface area contributed by atoms with E-state index in [-0.39, 0.29) is 24.4 Å². The van der Waals surface area contributed by atoms with Gasteiger partial charge in [-0.3, -0.25) is 23.4 Å². The highest BCUT2D eigenvalue weighted by atomic mass is 32.2. The number of nitrogens with zero attached hydrogens (tertiary/aromatic N) is 2. The number of carbonyl (C=O) groups excluding carboxylic acids is 4. The van der Waals surface area contributed by atoms with E-state index in [1.54, 1.807) is 29.8 Å². The molecule has 0 atom stereocenters. The van der Waals surface area contributed by atoms with Gasteiger partial charge in [-0.2, -0.15) is 0 Å². The molecule has 2 N–H and O–H groups in total. The molecule has 0 unspecified atom stereocenters. The molecule has 0 saturated heterocycles. The summed E-state index contributed by atoms with van der Waals surface area (Å²) in [5, 5.41) is 8.40. The van der Waals surface area contributed by atoms with Gasteiger partial charge in [0.2, 0.25) is 0 Å². The lowest BCUT2D eigenvalue weighted by Gasteiger charge is -2.24. The summed E-state index contributed by atoms with van der Waals surface area (Å²) < 4.78 is 13.1. The monoisotopic (exact) mass is 431 g/mol. The molecular formula is C15H17N3O8S2. The normalized spacial score (nSPS) is 9.79. The molecule has 0 aliphatic heterocycles. The maximum atomic E-state index is 12.6. The average Bonchev–Trinajstić information content (AvgIpc) is 2.67. The second-order valence-electron chi connectivity index (χ2n) is 4.76. The Morgan fingerprint density at radius 3 is 2.36 bits per heavy atom. The fourth-order valence-electron chi connectivity index (χ4n) is 1.56. The van der Waals surface area contributed by atoms with Crippen molar-refractivity contribution in [1.29, 1.82) is 0 Å². The minimum Gasteiger partial charge on any atom is -0.474 e. The Labute approximate surface area is 168 Å². The largest absolute Gasteiger partial charge is 0.474 e. The van der Waals surface area contributed by atoms with Gasteiger partial charge in [-0.05, 0) is 19.1 Å². The first-order valence-corrected chi connectivity index (χ1v) is 9.08. The molecule has 0 fully saturated rings. The molecule has 28 heavy (non-hydrogen) atoms. The second kappa shape index (κ2) is 11.7. The predicted octanol–water partition coefficient (Wildman–Crippen LogP) is 1.09. The summed E-state index contributed by atoms with van der Waals surface area (Å²) >= 11 is 0.674. The van der Waals surface area contributed by atoms with Crippen molar-refractivity contribution in [1.82, 2.24) is 13.3 Å². The molecule has 0 aliphatic carbocycles. The minimum atomic E-state index is -1.75. The first-order chi connectivity index (χ1) is 13.3. The summed E-state index contributed by atoms with van der Waals surface area (Å²) in [7, 11) is 1.25. The zero-order valence-electron chi connectivity index (χ0n) is 14.8. The molecule has 1 aromatic carbocycles. The average molecular weight is 431 g/mol. The van der Waals surface area contributed by atoms with Gasteiger partial charge in [0.1, 0.15) is 6.54 Å². The lowest BCUT2D eigenvalue weighted by atomic mass is 10.2. The number of carbonyl (C=O) groups is 5. The summed E-state index contributed by atoms with van der Waals surface area (Å²) in [6, 6.07) is 8.07. The summed E-state index contributed by atoms with van der Waals surface area (Å²) in [4.78, 5) is 57.5. The third kappa shape index (κ3) is 7.75. The van der Waals surface area contributed by atoms with Crippen molar-refractivity contribution in [2.75, 3.05) is 20.2 Å². The van der Waals surface area contributed by atoms with Crippen LogP contribution in [0.2, 0.25) is 0 Å². The van der Waals surface area contributed by atoms with E-state index >= 15 is 0 Å². The molecular weight excluding hydrogens is 414 g/mol.